The van der Waals surface area contributed by atoms with Gasteiger partial charge in [-0.25, -0.2) is 4.98 Å². The van der Waals surface area contributed by atoms with Gasteiger partial charge in [0.05, 0.1) is 25.9 Å². The topological polar surface area (TPSA) is 71.0 Å². The summed E-state index contributed by atoms with van der Waals surface area (Å²) in [6.45, 7) is 7.65. The van der Waals surface area contributed by atoms with E-state index in [1.165, 1.54) is 0 Å². The van der Waals surface area contributed by atoms with Crippen molar-refractivity contribution in [2.45, 2.75) is 44.9 Å². The summed E-state index contributed by atoms with van der Waals surface area (Å²) in [4.78, 5) is 27.8. The Morgan fingerprint density at radius 3 is 2.78 bits per heavy atom. The lowest BCUT2D eigenvalue weighted by Gasteiger charge is -2.39. The van der Waals surface area contributed by atoms with E-state index in [1.54, 1.807) is 19.4 Å². The van der Waals surface area contributed by atoms with Gasteiger partial charge in [-0.3, -0.25) is 9.69 Å². The molecule has 3 rings (SSSR count). The van der Waals surface area contributed by atoms with E-state index in [0.717, 1.165) is 25.9 Å². The largest absolute Gasteiger partial charge is 0.481 e. The SMILES string of the molecule is COc1ccnc(N(C)C2CCCN(CC(=O)N3CC(C)OC(C)C3)C2)n1. The highest BCUT2D eigenvalue weighted by atomic mass is 16.5. The Bertz CT molecular complexity index is 634. The van der Waals surface area contributed by atoms with Gasteiger partial charge >= 0.3 is 0 Å². The zero-order valence-corrected chi connectivity index (χ0v) is 16.8. The van der Waals surface area contributed by atoms with Gasteiger partial charge in [0.2, 0.25) is 17.7 Å². The standard InChI is InChI=1S/C19H31N5O3/c1-14-10-24(11-15(2)27-14)18(25)13-23-9-5-6-16(12-23)22(3)19-20-8-7-17(21-19)26-4/h7-8,14-16H,5-6,9-13H2,1-4H3. The van der Waals surface area contributed by atoms with Gasteiger partial charge in [-0.15, -0.1) is 0 Å². The summed E-state index contributed by atoms with van der Waals surface area (Å²) in [5, 5.41) is 0. The Morgan fingerprint density at radius 2 is 2.07 bits per heavy atom. The average molecular weight is 377 g/mol. The van der Waals surface area contributed by atoms with E-state index in [2.05, 4.69) is 19.8 Å². The maximum absolute atomic E-state index is 12.8. The molecule has 3 heterocycles. The molecule has 0 bridgehead atoms. The maximum Gasteiger partial charge on any atom is 0.236 e. The molecule has 3 unspecified atom stereocenters. The first-order valence-electron chi connectivity index (χ1n) is 9.71. The quantitative estimate of drug-likeness (QED) is 0.759. The summed E-state index contributed by atoms with van der Waals surface area (Å²) < 4.78 is 10.9. The van der Waals surface area contributed by atoms with Crippen LogP contribution in [0, 0.1) is 0 Å². The lowest BCUT2D eigenvalue weighted by molar-refractivity contribution is -0.144. The fourth-order valence-corrected chi connectivity index (χ4v) is 3.94. The number of likely N-dealkylation sites (tertiary alicyclic amines) is 1. The van der Waals surface area contributed by atoms with Crippen LogP contribution in [0.5, 0.6) is 5.88 Å². The summed E-state index contributed by atoms with van der Waals surface area (Å²) in [5.41, 5.74) is 0. The number of rotatable bonds is 5. The third-order valence-corrected chi connectivity index (χ3v) is 5.30. The van der Waals surface area contributed by atoms with Crippen molar-refractivity contribution in [3.05, 3.63) is 12.3 Å². The molecule has 27 heavy (non-hydrogen) atoms. The van der Waals surface area contributed by atoms with Crippen LogP contribution in [-0.2, 0) is 9.53 Å². The van der Waals surface area contributed by atoms with Crippen molar-refractivity contribution in [1.29, 1.82) is 0 Å². The van der Waals surface area contributed by atoms with Crippen LogP contribution in [0.1, 0.15) is 26.7 Å². The predicted molar refractivity (Wildman–Crippen MR) is 103 cm³/mol. The zero-order chi connectivity index (χ0) is 19.4. The first-order valence-corrected chi connectivity index (χ1v) is 9.71. The van der Waals surface area contributed by atoms with E-state index in [1.807, 2.05) is 25.8 Å². The van der Waals surface area contributed by atoms with Crippen molar-refractivity contribution in [2.24, 2.45) is 0 Å². The molecular weight excluding hydrogens is 346 g/mol. The molecule has 2 aliphatic rings. The summed E-state index contributed by atoms with van der Waals surface area (Å²) in [5.74, 6) is 1.41. The molecule has 0 aliphatic carbocycles. The fourth-order valence-electron chi connectivity index (χ4n) is 3.94. The maximum atomic E-state index is 12.8. The molecule has 0 spiro atoms. The Kier molecular flexibility index (Phi) is 6.49. The monoisotopic (exact) mass is 377 g/mol. The van der Waals surface area contributed by atoms with Crippen LogP contribution in [0.2, 0.25) is 0 Å². The van der Waals surface area contributed by atoms with Crippen molar-refractivity contribution in [1.82, 2.24) is 19.8 Å². The first-order chi connectivity index (χ1) is 13.0. The molecule has 2 saturated heterocycles. The number of likely N-dealkylation sites (N-methyl/N-ethyl adjacent to an activating group) is 1. The third-order valence-electron chi connectivity index (χ3n) is 5.30. The number of nitrogens with zero attached hydrogens (tertiary/aromatic N) is 5. The minimum absolute atomic E-state index is 0.100. The second kappa shape index (κ2) is 8.84. The smallest absolute Gasteiger partial charge is 0.236 e. The number of anilines is 1. The Balaban J connectivity index is 1.58. The van der Waals surface area contributed by atoms with Crippen molar-refractivity contribution in [3.8, 4) is 5.88 Å². The van der Waals surface area contributed by atoms with Crippen LogP contribution in [0.4, 0.5) is 5.95 Å². The lowest BCUT2D eigenvalue weighted by Crippen LogP contribution is -2.53. The predicted octanol–water partition coefficient (Wildman–Crippen LogP) is 1.02. The molecule has 1 aromatic rings. The van der Waals surface area contributed by atoms with Crippen LogP contribution in [0.3, 0.4) is 0 Å². The van der Waals surface area contributed by atoms with Gasteiger partial charge in [0.15, 0.2) is 0 Å². The zero-order valence-electron chi connectivity index (χ0n) is 16.8. The number of ether oxygens (including phenoxy) is 2. The molecule has 1 amide bonds. The van der Waals surface area contributed by atoms with Crippen LogP contribution in [-0.4, -0.2) is 90.8 Å². The highest BCUT2D eigenvalue weighted by Crippen LogP contribution is 2.20. The summed E-state index contributed by atoms with van der Waals surface area (Å²) in [6, 6.07) is 2.02. The van der Waals surface area contributed by atoms with Crippen LogP contribution < -0.4 is 9.64 Å². The minimum Gasteiger partial charge on any atom is -0.481 e. The second-order valence-corrected chi connectivity index (χ2v) is 7.60. The van der Waals surface area contributed by atoms with E-state index in [-0.39, 0.29) is 24.2 Å². The molecule has 8 nitrogen and oxygen atoms in total. The molecule has 0 saturated carbocycles. The number of carbonyl (C=O) groups excluding carboxylic acids is 1. The highest BCUT2D eigenvalue weighted by Gasteiger charge is 2.30. The Morgan fingerprint density at radius 1 is 1.33 bits per heavy atom. The molecule has 0 radical (unpaired) electrons. The number of amides is 1. The second-order valence-electron chi connectivity index (χ2n) is 7.60. The highest BCUT2D eigenvalue weighted by molar-refractivity contribution is 5.78. The molecule has 1 aromatic heterocycles. The van der Waals surface area contributed by atoms with Gasteiger partial charge in [-0.2, -0.15) is 4.98 Å². The average Bonchev–Trinajstić information content (AvgIpc) is 2.67. The lowest BCUT2D eigenvalue weighted by atomic mass is 10.0. The van der Waals surface area contributed by atoms with E-state index in [0.29, 0.717) is 31.5 Å². The van der Waals surface area contributed by atoms with Gasteiger partial charge in [0.25, 0.3) is 0 Å². The van der Waals surface area contributed by atoms with E-state index >= 15 is 0 Å². The third kappa shape index (κ3) is 5.07. The molecule has 0 aromatic carbocycles. The summed E-state index contributed by atoms with van der Waals surface area (Å²) in [7, 11) is 3.61. The molecular formula is C19H31N5O3. The van der Waals surface area contributed by atoms with E-state index in [9.17, 15) is 4.79 Å². The summed E-state index contributed by atoms with van der Waals surface area (Å²) >= 11 is 0. The van der Waals surface area contributed by atoms with Crippen LogP contribution in [0.15, 0.2) is 12.3 Å². The Hall–Kier alpha value is -1.93. The molecule has 2 fully saturated rings. The number of carbonyl (C=O) groups is 1. The first kappa shape index (κ1) is 19.8. The van der Waals surface area contributed by atoms with Crippen molar-refractivity contribution >= 4 is 11.9 Å². The number of morpholine rings is 1. The number of methoxy groups -OCH3 is 1. The van der Waals surface area contributed by atoms with Gasteiger partial charge < -0.3 is 19.3 Å². The summed E-state index contributed by atoms with van der Waals surface area (Å²) in [6.07, 6.45) is 4.03. The van der Waals surface area contributed by atoms with Gasteiger partial charge in [0, 0.05) is 45.0 Å². The van der Waals surface area contributed by atoms with Gasteiger partial charge in [-0.1, -0.05) is 0 Å². The molecule has 150 valence electrons. The minimum atomic E-state index is 0.100. The number of hydrogen-bond donors (Lipinski definition) is 0. The van der Waals surface area contributed by atoms with Gasteiger partial charge in [0.1, 0.15) is 0 Å². The molecule has 3 atom stereocenters. The van der Waals surface area contributed by atoms with Crippen molar-refractivity contribution in [2.75, 3.05) is 51.8 Å². The van der Waals surface area contributed by atoms with Crippen LogP contribution in [0.25, 0.3) is 0 Å². The van der Waals surface area contributed by atoms with E-state index in [4.69, 9.17) is 9.47 Å². The number of piperidine rings is 1. The molecule has 8 heteroatoms. The molecule has 0 N–H and O–H groups in total. The van der Waals surface area contributed by atoms with Crippen molar-refractivity contribution in [3.63, 3.8) is 0 Å². The van der Waals surface area contributed by atoms with E-state index < -0.39 is 0 Å². The van der Waals surface area contributed by atoms with Crippen LogP contribution >= 0.6 is 0 Å². The number of aromatic nitrogens is 2. The fraction of sp³-hybridized carbons (Fsp3) is 0.737. The molecule has 2 aliphatic heterocycles. The van der Waals surface area contributed by atoms with Crippen molar-refractivity contribution < 1.29 is 14.3 Å². The Labute approximate surface area is 161 Å². The normalized spacial score (nSPS) is 26.7. The number of hydrogen-bond acceptors (Lipinski definition) is 7. The van der Waals surface area contributed by atoms with Gasteiger partial charge in [-0.05, 0) is 33.2 Å².